The molecule has 0 aliphatic carbocycles. The number of nitrogens with zero attached hydrogens (tertiary/aromatic N) is 3. The summed E-state index contributed by atoms with van der Waals surface area (Å²) in [6.07, 6.45) is -1.18. The Kier molecular flexibility index (Phi) is 3.54. The van der Waals surface area contributed by atoms with Crippen LogP contribution in [0, 0.1) is 5.92 Å². The largest absolute Gasteiger partial charge is 0.481 e. The lowest BCUT2D eigenvalue weighted by molar-refractivity contribution is -0.139. The molecule has 21 heavy (non-hydrogen) atoms. The number of anilines is 1. The Labute approximate surface area is 122 Å². The SMILES string of the molecule is O=C(O)CC1CC2CCC(C1)N2c1nnc(C(F)(F)F)s1. The molecule has 9 heteroatoms. The molecular formula is C12H14F3N3O2S. The molecule has 2 unspecified atom stereocenters. The molecule has 3 heterocycles. The summed E-state index contributed by atoms with van der Waals surface area (Å²) in [7, 11) is 0. The molecule has 2 fully saturated rings. The van der Waals surface area contributed by atoms with Crippen molar-refractivity contribution in [1.29, 1.82) is 0 Å². The fourth-order valence-corrected chi connectivity index (χ4v) is 4.31. The van der Waals surface area contributed by atoms with Crippen molar-refractivity contribution in [3.05, 3.63) is 5.01 Å². The number of rotatable bonds is 3. The van der Waals surface area contributed by atoms with E-state index in [1.54, 1.807) is 0 Å². The first-order chi connectivity index (χ1) is 9.84. The van der Waals surface area contributed by atoms with Crippen LogP contribution in [0.4, 0.5) is 18.3 Å². The van der Waals surface area contributed by atoms with E-state index in [1.807, 2.05) is 4.90 Å². The van der Waals surface area contributed by atoms with E-state index in [2.05, 4.69) is 10.2 Å². The van der Waals surface area contributed by atoms with Crippen molar-refractivity contribution >= 4 is 22.4 Å². The second kappa shape index (κ2) is 5.11. The maximum Gasteiger partial charge on any atom is 0.445 e. The molecule has 2 aliphatic heterocycles. The highest BCUT2D eigenvalue weighted by Crippen LogP contribution is 2.44. The zero-order valence-corrected chi connectivity index (χ0v) is 11.8. The van der Waals surface area contributed by atoms with Crippen LogP contribution in [0.25, 0.3) is 0 Å². The van der Waals surface area contributed by atoms with Gasteiger partial charge in [-0.05, 0) is 31.6 Å². The van der Waals surface area contributed by atoms with Crippen molar-refractivity contribution < 1.29 is 23.1 Å². The van der Waals surface area contributed by atoms with Gasteiger partial charge in [0.1, 0.15) is 0 Å². The second-order valence-corrected chi connectivity index (χ2v) is 6.57. The molecule has 1 aromatic heterocycles. The van der Waals surface area contributed by atoms with Crippen molar-refractivity contribution in [3.63, 3.8) is 0 Å². The maximum absolute atomic E-state index is 12.6. The van der Waals surface area contributed by atoms with Gasteiger partial charge in [0, 0.05) is 18.5 Å². The third-order valence-electron chi connectivity index (χ3n) is 4.17. The molecule has 0 aromatic carbocycles. The van der Waals surface area contributed by atoms with E-state index in [9.17, 15) is 18.0 Å². The minimum absolute atomic E-state index is 0.0853. The molecule has 1 aromatic rings. The Bertz CT molecular complexity index is 534. The van der Waals surface area contributed by atoms with Crippen LogP contribution in [0.2, 0.25) is 0 Å². The number of halogens is 3. The third kappa shape index (κ3) is 2.83. The molecule has 2 bridgehead atoms. The minimum Gasteiger partial charge on any atom is -0.481 e. The zero-order valence-electron chi connectivity index (χ0n) is 11.0. The zero-order chi connectivity index (χ0) is 15.2. The lowest BCUT2D eigenvalue weighted by atomic mass is 9.88. The van der Waals surface area contributed by atoms with E-state index in [-0.39, 0.29) is 24.4 Å². The number of carboxylic acids is 1. The predicted octanol–water partition coefficient (Wildman–Crippen LogP) is 2.78. The maximum atomic E-state index is 12.6. The first-order valence-corrected chi connectivity index (χ1v) is 7.57. The van der Waals surface area contributed by atoms with Gasteiger partial charge in [-0.15, -0.1) is 10.2 Å². The molecular weight excluding hydrogens is 307 g/mol. The van der Waals surface area contributed by atoms with Gasteiger partial charge in [0.15, 0.2) is 0 Å². The highest BCUT2D eigenvalue weighted by atomic mass is 32.1. The van der Waals surface area contributed by atoms with Gasteiger partial charge in [-0.2, -0.15) is 13.2 Å². The van der Waals surface area contributed by atoms with Crippen molar-refractivity contribution in [2.75, 3.05) is 4.90 Å². The van der Waals surface area contributed by atoms with Crippen LogP contribution in [0.1, 0.15) is 37.1 Å². The number of alkyl halides is 3. The summed E-state index contributed by atoms with van der Waals surface area (Å²) < 4.78 is 37.8. The summed E-state index contributed by atoms with van der Waals surface area (Å²) in [5, 5.41) is 15.2. The number of aromatic nitrogens is 2. The molecule has 0 spiro atoms. The highest BCUT2D eigenvalue weighted by Gasteiger charge is 2.44. The Balaban J connectivity index is 1.76. The molecule has 0 amide bonds. The lowest BCUT2D eigenvalue weighted by Gasteiger charge is -2.38. The summed E-state index contributed by atoms with van der Waals surface area (Å²) in [5.74, 6) is -0.714. The molecule has 0 saturated carbocycles. The molecule has 116 valence electrons. The van der Waals surface area contributed by atoms with Gasteiger partial charge in [0.25, 0.3) is 0 Å². The number of hydrogen-bond donors (Lipinski definition) is 1. The Morgan fingerprint density at radius 2 is 1.90 bits per heavy atom. The van der Waals surface area contributed by atoms with Gasteiger partial charge in [-0.25, -0.2) is 0 Å². The molecule has 5 nitrogen and oxygen atoms in total. The van der Waals surface area contributed by atoms with Crippen LogP contribution >= 0.6 is 11.3 Å². The lowest BCUT2D eigenvalue weighted by Crippen LogP contribution is -2.43. The summed E-state index contributed by atoms with van der Waals surface area (Å²) in [5.41, 5.74) is 0. The average molecular weight is 321 g/mol. The quantitative estimate of drug-likeness (QED) is 0.927. The standard InChI is InChI=1S/C12H14F3N3O2S/c13-12(14,15)10-16-17-11(21-10)18-7-1-2-8(18)4-6(3-7)5-9(19)20/h6-8H,1-5H2,(H,19,20). The van der Waals surface area contributed by atoms with Gasteiger partial charge in [0.2, 0.25) is 10.1 Å². The van der Waals surface area contributed by atoms with E-state index in [1.165, 1.54) is 0 Å². The second-order valence-electron chi connectivity index (χ2n) is 5.62. The van der Waals surface area contributed by atoms with Crippen LogP contribution in [0.5, 0.6) is 0 Å². The van der Waals surface area contributed by atoms with Crippen LogP contribution < -0.4 is 4.90 Å². The molecule has 0 radical (unpaired) electrons. The number of carboxylic acid groups (broad SMARTS) is 1. The Morgan fingerprint density at radius 1 is 1.29 bits per heavy atom. The highest BCUT2D eigenvalue weighted by molar-refractivity contribution is 7.15. The number of fused-ring (bicyclic) bond motifs is 2. The first kappa shape index (κ1) is 14.6. The first-order valence-electron chi connectivity index (χ1n) is 6.75. The predicted molar refractivity (Wildman–Crippen MR) is 69.2 cm³/mol. The fourth-order valence-electron chi connectivity index (χ4n) is 3.45. The van der Waals surface area contributed by atoms with Gasteiger partial charge >= 0.3 is 12.1 Å². The summed E-state index contributed by atoms with van der Waals surface area (Å²) >= 11 is 0.571. The number of piperidine rings is 1. The Morgan fingerprint density at radius 3 is 2.38 bits per heavy atom. The monoisotopic (exact) mass is 321 g/mol. The number of hydrogen-bond acceptors (Lipinski definition) is 5. The molecule has 2 saturated heterocycles. The molecule has 2 atom stereocenters. The fraction of sp³-hybridized carbons (Fsp3) is 0.750. The van der Waals surface area contributed by atoms with E-state index >= 15 is 0 Å². The summed E-state index contributed by atoms with van der Waals surface area (Å²) in [6, 6.07) is 0.171. The number of carbonyl (C=O) groups is 1. The normalized spacial score (nSPS) is 28.9. The van der Waals surface area contributed by atoms with Crippen LogP contribution in [-0.2, 0) is 11.0 Å². The van der Waals surface area contributed by atoms with E-state index in [0.29, 0.717) is 29.3 Å². The van der Waals surface area contributed by atoms with Crippen LogP contribution in [0.3, 0.4) is 0 Å². The summed E-state index contributed by atoms with van der Waals surface area (Å²) in [6.45, 7) is 0. The topological polar surface area (TPSA) is 66.3 Å². The van der Waals surface area contributed by atoms with Crippen molar-refractivity contribution in [2.45, 2.75) is 50.4 Å². The number of aliphatic carboxylic acids is 1. The molecule has 2 aliphatic rings. The summed E-state index contributed by atoms with van der Waals surface area (Å²) in [4.78, 5) is 12.7. The Hall–Kier alpha value is -1.38. The van der Waals surface area contributed by atoms with Gasteiger partial charge < -0.3 is 10.0 Å². The van der Waals surface area contributed by atoms with Gasteiger partial charge in [-0.1, -0.05) is 11.3 Å². The van der Waals surface area contributed by atoms with E-state index in [0.717, 1.165) is 12.8 Å². The van der Waals surface area contributed by atoms with Gasteiger partial charge in [0.05, 0.1) is 0 Å². The third-order valence-corrected chi connectivity index (χ3v) is 5.15. The van der Waals surface area contributed by atoms with E-state index < -0.39 is 17.2 Å². The van der Waals surface area contributed by atoms with Crippen LogP contribution in [-0.4, -0.2) is 33.4 Å². The average Bonchev–Trinajstić information content (AvgIpc) is 2.91. The van der Waals surface area contributed by atoms with Crippen molar-refractivity contribution in [3.8, 4) is 0 Å². The van der Waals surface area contributed by atoms with Gasteiger partial charge in [-0.3, -0.25) is 4.79 Å². The smallest absolute Gasteiger partial charge is 0.445 e. The van der Waals surface area contributed by atoms with Crippen molar-refractivity contribution in [1.82, 2.24) is 10.2 Å². The van der Waals surface area contributed by atoms with Crippen molar-refractivity contribution in [2.24, 2.45) is 5.92 Å². The van der Waals surface area contributed by atoms with Crippen LogP contribution in [0.15, 0.2) is 0 Å². The van der Waals surface area contributed by atoms with E-state index in [4.69, 9.17) is 5.11 Å². The molecule has 1 N–H and O–H groups in total. The molecule has 3 rings (SSSR count). The minimum atomic E-state index is -4.46.